The summed E-state index contributed by atoms with van der Waals surface area (Å²) in [6, 6.07) is 7.91. The summed E-state index contributed by atoms with van der Waals surface area (Å²) in [5.74, 6) is 0.170. The van der Waals surface area contributed by atoms with E-state index in [1.54, 1.807) is 30.0 Å². The van der Waals surface area contributed by atoms with Gasteiger partial charge in [0.1, 0.15) is 5.75 Å². The molecule has 6 nitrogen and oxygen atoms in total. The van der Waals surface area contributed by atoms with Crippen molar-refractivity contribution >= 4 is 11.7 Å². The molecule has 1 fully saturated rings. The van der Waals surface area contributed by atoms with E-state index in [9.17, 15) is 14.7 Å². The van der Waals surface area contributed by atoms with E-state index < -0.39 is 0 Å². The number of amides is 1. The Kier molecular flexibility index (Phi) is 4.14. The van der Waals surface area contributed by atoms with Crippen molar-refractivity contribution in [2.75, 3.05) is 13.1 Å². The van der Waals surface area contributed by atoms with Crippen LogP contribution in [0.15, 0.2) is 34.9 Å². The van der Waals surface area contributed by atoms with E-state index in [2.05, 4.69) is 5.16 Å². The number of rotatable bonds is 3. The molecule has 0 atom stereocenters. The average Bonchev–Trinajstić information content (AvgIpc) is 3.01. The van der Waals surface area contributed by atoms with Gasteiger partial charge in [0.05, 0.1) is 5.69 Å². The van der Waals surface area contributed by atoms with Crippen molar-refractivity contribution in [2.24, 2.45) is 5.92 Å². The molecule has 1 aliphatic heterocycles. The molecular formula is C17H18N2O4. The summed E-state index contributed by atoms with van der Waals surface area (Å²) in [7, 11) is 0. The standard InChI is InChI=1S/C17H18N2O4/c1-11-10-15(23-18-11)17(22)19-8-6-13(7-9-19)16(21)12-2-4-14(20)5-3-12/h2-5,10,13,20H,6-9H2,1H3. The molecule has 0 unspecified atom stereocenters. The molecule has 1 saturated heterocycles. The smallest absolute Gasteiger partial charge is 0.292 e. The number of phenolic OH excluding ortho intramolecular Hbond substituents is 1. The lowest BCUT2D eigenvalue weighted by Gasteiger charge is -2.30. The second kappa shape index (κ2) is 6.24. The minimum atomic E-state index is -0.180. The summed E-state index contributed by atoms with van der Waals surface area (Å²) < 4.78 is 5.00. The van der Waals surface area contributed by atoms with E-state index in [0.717, 1.165) is 0 Å². The summed E-state index contributed by atoms with van der Waals surface area (Å²) in [4.78, 5) is 26.4. The van der Waals surface area contributed by atoms with Gasteiger partial charge in [-0.15, -0.1) is 0 Å². The lowest BCUT2D eigenvalue weighted by atomic mass is 9.89. The number of ketones is 1. The maximum atomic E-state index is 12.4. The van der Waals surface area contributed by atoms with Crippen LogP contribution >= 0.6 is 0 Å². The Bertz CT molecular complexity index is 712. The normalized spacial score (nSPS) is 15.6. The van der Waals surface area contributed by atoms with E-state index in [1.807, 2.05) is 0 Å². The quantitative estimate of drug-likeness (QED) is 0.880. The molecule has 120 valence electrons. The predicted octanol–water partition coefficient (Wildman–Crippen LogP) is 2.42. The Labute approximate surface area is 133 Å². The molecule has 1 aromatic heterocycles. The van der Waals surface area contributed by atoms with Crippen molar-refractivity contribution in [1.82, 2.24) is 10.1 Å². The largest absolute Gasteiger partial charge is 0.508 e. The summed E-state index contributed by atoms with van der Waals surface area (Å²) in [5.41, 5.74) is 1.27. The number of aromatic nitrogens is 1. The zero-order valence-electron chi connectivity index (χ0n) is 12.9. The van der Waals surface area contributed by atoms with Crippen molar-refractivity contribution in [3.8, 4) is 5.75 Å². The fraction of sp³-hybridized carbons (Fsp3) is 0.353. The molecule has 1 aromatic carbocycles. The van der Waals surface area contributed by atoms with Gasteiger partial charge in [-0.25, -0.2) is 0 Å². The van der Waals surface area contributed by atoms with E-state index in [-0.39, 0.29) is 29.1 Å². The van der Waals surface area contributed by atoms with Crippen molar-refractivity contribution in [3.05, 3.63) is 47.3 Å². The van der Waals surface area contributed by atoms with Gasteiger partial charge < -0.3 is 14.5 Å². The summed E-state index contributed by atoms with van der Waals surface area (Å²) >= 11 is 0. The topological polar surface area (TPSA) is 83.6 Å². The van der Waals surface area contributed by atoms with Crippen molar-refractivity contribution in [2.45, 2.75) is 19.8 Å². The van der Waals surface area contributed by atoms with Crippen LogP contribution in [0.2, 0.25) is 0 Å². The first kappa shape index (κ1) is 15.3. The monoisotopic (exact) mass is 314 g/mol. The van der Waals surface area contributed by atoms with Gasteiger partial charge in [-0.2, -0.15) is 0 Å². The lowest BCUT2D eigenvalue weighted by molar-refractivity contribution is 0.0616. The average molecular weight is 314 g/mol. The third kappa shape index (κ3) is 3.26. The molecule has 0 aliphatic carbocycles. The number of carbonyl (C=O) groups is 2. The molecule has 6 heteroatoms. The third-order valence-corrected chi connectivity index (χ3v) is 4.14. The molecule has 3 rings (SSSR count). The summed E-state index contributed by atoms with van der Waals surface area (Å²) in [6.07, 6.45) is 1.25. The highest BCUT2D eigenvalue weighted by Gasteiger charge is 2.29. The van der Waals surface area contributed by atoms with Gasteiger partial charge in [0, 0.05) is 30.6 Å². The summed E-state index contributed by atoms with van der Waals surface area (Å²) in [5, 5.41) is 13.0. The maximum absolute atomic E-state index is 12.4. The van der Waals surface area contributed by atoms with Crippen LogP contribution in [0, 0.1) is 12.8 Å². The zero-order chi connectivity index (χ0) is 16.4. The Balaban J connectivity index is 1.61. The van der Waals surface area contributed by atoms with Crippen LogP contribution in [-0.4, -0.2) is 39.9 Å². The number of Topliss-reactive ketones (excluding diaryl/α,β-unsaturated/α-hetero) is 1. The number of aromatic hydroxyl groups is 1. The molecule has 2 aromatic rings. The molecule has 1 N–H and O–H groups in total. The third-order valence-electron chi connectivity index (χ3n) is 4.14. The zero-order valence-corrected chi connectivity index (χ0v) is 12.9. The molecule has 1 amide bonds. The maximum Gasteiger partial charge on any atom is 0.292 e. The van der Waals surface area contributed by atoms with Gasteiger partial charge in [-0.1, -0.05) is 5.16 Å². The van der Waals surface area contributed by atoms with E-state index in [0.29, 0.717) is 37.2 Å². The van der Waals surface area contributed by atoms with Crippen LogP contribution in [0.4, 0.5) is 0 Å². The number of hydrogen-bond donors (Lipinski definition) is 1. The van der Waals surface area contributed by atoms with E-state index in [4.69, 9.17) is 4.52 Å². The Morgan fingerprint density at radius 2 is 1.87 bits per heavy atom. The van der Waals surface area contributed by atoms with Gasteiger partial charge in [0.2, 0.25) is 5.76 Å². The fourth-order valence-electron chi connectivity index (χ4n) is 2.83. The Morgan fingerprint density at radius 3 is 2.43 bits per heavy atom. The minimum absolute atomic E-state index is 0.0626. The lowest BCUT2D eigenvalue weighted by Crippen LogP contribution is -2.40. The number of hydrogen-bond acceptors (Lipinski definition) is 5. The number of carbonyl (C=O) groups excluding carboxylic acids is 2. The molecule has 0 radical (unpaired) electrons. The molecule has 1 aliphatic rings. The number of nitrogens with zero attached hydrogens (tertiary/aromatic N) is 2. The summed E-state index contributed by atoms with van der Waals surface area (Å²) in [6.45, 7) is 2.81. The molecule has 0 saturated carbocycles. The molecule has 0 spiro atoms. The SMILES string of the molecule is Cc1cc(C(=O)N2CCC(C(=O)c3ccc(O)cc3)CC2)on1. The highest BCUT2D eigenvalue weighted by Crippen LogP contribution is 2.24. The number of benzene rings is 1. The fourth-order valence-corrected chi connectivity index (χ4v) is 2.83. The van der Waals surface area contributed by atoms with Crippen LogP contribution < -0.4 is 0 Å². The second-order valence-corrected chi connectivity index (χ2v) is 5.81. The van der Waals surface area contributed by atoms with Crippen molar-refractivity contribution < 1.29 is 19.2 Å². The Morgan fingerprint density at radius 1 is 1.22 bits per heavy atom. The van der Waals surface area contributed by atoms with Crippen molar-refractivity contribution in [1.29, 1.82) is 0 Å². The van der Waals surface area contributed by atoms with Gasteiger partial charge in [-0.05, 0) is 44.0 Å². The van der Waals surface area contributed by atoms with Gasteiger partial charge in [-0.3, -0.25) is 9.59 Å². The first-order valence-corrected chi connectivity index (χ1v) is 7.60. The van der Waals surface area contributed by atoms with Crippen LogP contribution in [0.3, 0.4) is 0 Å². The molecule has 2 heterocycles. The number of likely N-dealkylation sites (tertiary alicyclic amines) is 1. The number of aryl methyl sites for hydroxylation is 1. The first-order chi connectivity index (χ1) is 11.0. The Hall–Kier alpha value is -2.63. The highest BCUT2D eigenvalue weighted by atomic mass is 16.5. The first-order valence-electron chi connectivity index (χ1n) is 7.60. The van der Waals surface area contributed by atoms with Crippen LogP contribution in [0.25, 0.3) is 0 Å². The molecular weight excluding hydrogens is 296 g/mol. The number of phenols is 1. The van der Waals surface area contributed by atoms with Gasteiger partial charge in [0.25, 0.3) is 5.91 Å². The van der Waals surface area contributed by atoms with Gasteiger partial charge in [0.15, 0.2) is 5.78 Å². The van der Waals surface area contributed by atoms with Crippen molar-refractivity contribution in [3.63, 3.8) is 0 Å². The van der Waals surface area contributed by atoms with E-state index >= 15 is 0 Å². The van der Waals surface area contributed by atoms with E-state index in [1.165, 1.54) is 12.1 Å². The number of piperidine rings is 1. The molecule has 23 heavy (non-hydrogen) atoms. The van der Waals surface area contributed by atoms with Gasteiger partial charge >= 0.3 is 0 Å². The van der Waals surface area contributed by atoms with Crippen LogP contribution in [0.1, 0.15) is 39.4 Å². The second-order valence-electron chi connectivity index (χ2n) is 5.81. The predicted molar refractivity (Wildman–Crippen MR) is 82.3 cm³/mol. The minimum Gasteiger partial charge on any atom is -0.508 e. The highest BCUT2D eigenvalue weighted by molar-refractivity contribution is 5.98. The van der Waals surface area contributed by atoms with Crippen LogP contribution in [0.5, 0.6) is 5.75 Å². The van der Waals surface area contributed by atoms with Crippen LogP contribution in [-0.2, 0) is 0 Å². The molecule has 0 bridgehead atoms.